The molecule has 10 heteroatoms. The maximum absolute atomic E-state index is 11.3. The standard InChI is InChI=1S/C21H38O10/c1-5-6-10-28-14-21(15-29-11-7-18(22)25-2,16-30-12-8-19(23)26-3)17-31-13-9-20(24)27-4/h5-17H2,1-4H3. The van der Waals surface area contributed by atoms with Crippen LogP contribution < -0.4 is 0 Å². The smallest absolute Gasteiger partial charge is 0.307 e. The molecule has 10 nitrogen and oxygen atoms in total. The third-order valence-corrected chi connectivity index (χ3v) is 4.31. The fourth-order valence-corrected chi connectivity index (χ4v) is 2.42. The van der Waals surface area contributed by atoms with E-state index in [1.54, 1.807) is 0 Å². The lowest BCUT2D eigenvalue weighted by Crippen LogP contribution is -2.42. The van der Waals surface area contributed by atoms with E-state index >= 15 is 0 Å². The van der Waals surface area contributed by atoms with Gasteiger partial charge in [-0.1, -0.05) is 13.3 Å². The number of ether oxygens (including phenoxy) is 7. The second-order valence-corrected chi connectivity index (χ2v) is 7.04. The van der Waals surface area contributed by atoms with E-state index in [1.165, 1.54) is 21.3 Å². The number of esters is 3. The Morgan fingerprint density at radius 1 is 0.581 bits per heavy atom. The van der Waals surface area contributed by atoms with E-state index in [2.05, 4.69) is 21.1 Å². The highest BCUT2D eigenvalue weighted by molar-refractivity contribution is 5.69. The van der Waals surface area contributed by atoms with Gasteiger partial charge in [0.2, 0.25) is 0 Å². The number of rotatable bonds is 20. The van der Waals surface area contributed by atoms with Gasteiger partial charge in [-0.05, 0) is 6.42 Å². The highest BCUT2D eigenvalue weighted by atomic mass is 16.5. The molecular weight excluding hydrogens is 412 g/mol. The Kier molecular flexibility index (Phi) is 17.9. The van der Waals surface area contributed by atoms with E-state index in [1.807, 2.05) is 0 Å². The molecule has 182 valence electrons. The van der Waals surface area contributed by atoms with Crippen LogP contribution in [0.15, 0.2) is 0 Å². The van der Waals surface area contributed by atoms with Gasteiger partial charge in [0.05, 0.1) is 92.3 Å². The molecule has 0 spiro atoms. The molecule has 0 saturated carbocycles. The molecule has 0 aromatic heterocycles. The van der Waals surface area contributed by atoms with Crippen molar-refractivity contribution in [3.05, 3.63) is 0 Å². The number of hydrogen-bond acceptors (Lipinski definition) is 10. The molecule has 0 saturated heterocycles. The lowest BCUT2D eigenvalue weighted by atomic mass is 9.92. The highest BCUT2D eigenvalue weighted by Gasteiger charge is 2.33. The molecule has 0 N–H and O–H groups in total. The van der Waals surface area contributed by atoms with Crippen LogP contribution >= 0.6 is 0 Å². The second kappa shape index (κ2) is 19.0. The topological polar surface area (TPSA) is 116 Å². The van der Waals surface area contributed by atoms with Gasteiger partial charge < -0.3 is 33.2 Å². The first kappa shape index (κ1) is 29.2. The van der Waals surface area contributed by atoms with Gasteiger partial charge in [0.1, 0.15) is 0 Å². The van der Waals surface area contributed by atoms with E-state index in [-0.39, 0.29) is 76.8 Å². The quantitative estimate of drug-likeness (QED) is 0.154. The molecule has 0 fully saturated rings. The summed E-state index contributed by atoms with van der Waals surface area (Å²) in [6, 6.07) is 0. The van der Waals surface area contributed by atoms with Crippen LogP contribution in [0.25, 0.3) is 0 Å². The summed E-state index contributed by atoms with van der Waals surface area (Å²) in [5, 5.41) is 0. The Hall–Kier alpha value is -1.75. The number of methoxy groups -OCH3 is 3. The molecule has 0 aromatic carbocycles. The van der Waals surface area contributed by atoms with Gasteiger partial charge in [-0.25, -0.2) is 0 Å². The average Bonchev–Trinajstić information content (AvgIpc) is 2.79. The van der Waals surface area contributed by atoms with Crippen LogP contribution in [0.5, 0.6) is 0 Å². The van der Waals surface area contributed by atoms with E-state index in [9.17, 15) is 14.4 Å². The predicted octanol–water partition coefficient (Wildman–Crippen LogP) is 1.53. The largest absolute Gasteiger partial charge is 0.469 e. The first-order chi connectivity index (χ1) is 14.9. The summed E-state index contributed by atoms with van der Waals surface area (Å²) in [5.41, 5.74) is -0.684. The van der Waals surface area contributed by atoms with Gasteiger partial charge >= 0.3 is 17.9 Å². The minimum atomic E-state index is -0.684. The van der Waals surface area contributed by atoms with Gasteiger partial charge in [-0.3, -0.25) is 14.4 Å². The molecule has 0 aromatic rings. The van der Waals surface area contributed by atoms with Gasteiger partial charge in [-0.2, -0.15) is 0 Å². The fourth-order valence-electron chi connectivity index (χ4n) is 2.42. The molecule has 31 heavy (non-hydrogen) atoms. The second-order valence-electron chi connectivity index (χ2n) is 7.04. The van der Waals surface area contributed by atoms with Crippen molar-refractivity contribution in [3.63, 3.8) is 0 Å². The van der Waals surface area contributed by atoms with Crippen LogP contribution in [0.4, 0.5) is 0 Å². The molecule has 0 aliphatic carbocycles. The van der Waals surface area contributed by atoms with Crippen LogP contribution in [-0.4, -0.2) is 92.1 Å². The van der Waals surface area contributed by atoms with Gasteiger partial charge in [0.25, 0.3) is 0 Å². The molecule has 0 amide bonds. The summed E-state index contributed by atoms with van der Waals surface area (Å²) in [7, 11) is 3.95. The first-order valence-electron chi connectivity index (χ1n) is 10.4. The summed E-state index contributed by atoms with van der Waals surface area (Å²) in [6.45, 7) is 4.06. The van der Waals surface area contributed by atoms with Crippen molar-refractivity contribution in [2.75, 3.05) is 74.2 Å². The summed E-state index contributed by atoms with van der Waals surface area (Å²) in [4.78, 5) is 34.0. The van der Waals surface area contributed by atoms with Gasteiger partial charge in [0, 0.05) is 6.61 Å². The van der Waals surface area contributed by atoms with Crippen LogP contribution in [0.3, 0.4) is 0 Å². The Balaban J connectivity index is 4.96. The molecular formula is C21H38O10. The minimum absolute atomic E-state index is 0.121. The zero-order chi connectivity index (χ0) is 23.4. The number of hydrogen-bond donors (Lipinski definition) is 0. The predicted molar refractivity (Wildman–Crippen MR) is 111 cm³/mol. The van der Waals surface area contributed by atoms with Crippen molar-refractivity contribution in [1.82, 2.24) is 0 Å². The number of carbonyl (C=O) groups is 3. The Morgan fingerprint density at radius 2 is 0.903 bits per heavy atom. The Morgan fingerprint density at radius 3 is 1.19 bits per heavy atom. The Labute approximate surface area is 184 Å². The molecule has 0 aliphatic rings. The van der Waals surface area contributed by atoms with Crippen LogP contribution in [0.2, 0.25) is 0 Å². The SMILES string of the molecule is CCCCOCC(COCCC(=O)OC)(COCCC(=O)OC)COCCC(=O)OC. The number of carbonyl (C=O) groups excluding carboxylic acids is 3. The molecule has 0 radical (unpaired) electrons. The molecule has 0 rings (SSSR count). The van der Waals surface area contributed by atoms with E-state index in [0.717, 1.165) is 12.8 Å². The molecule has 0 aliphatic heterocycles. The van der Waals surface area contributed by atoms with E-state index in [0.29, 0.717) is 13.2 Å². The lowest BCUT2D eigenvalue weighted by Gasteiger charge is -2.33. The zero-order valence-electron chi connectivity index (χ0n) is 19.3. The third-order valence-electron chi connectivity index (χ3n) is 4.31. The van der Waals surface area contributed by atoms with E-state index in [4.69, 9.17) is 18.9 Å². The van der Waals surface area contributed by atoms with Crippen LogP contribution in [0.1, 0.15) is 39.0 Å². The third kappa shape index (κ3) is 15.7. The van der Waals surface area contributed by atoms with Gasteiger partial charge in [0.15, 0.2) is 0 Å². The van der Waals surface area contributed by atoms with Crippen molar-refractivity contribution < 1.29 is 47.5 Å². The normalized spacial score (nSPS) is 11.2. The summed E-state index contributed by atoms with van der Waals surface area (Å²) in [6.07, 6.45) is 2.26. The van der Waals surface area contributed by atoms with Crippen molar-refractivity contribution in [2.45, 2.75) is 39.0 Å². The van der Waals surface area contributed by atoms with Crippen molar-refractivity contribution in [3.8, 4) is 0 Å². The molecule has 0 unspecified atom stereocenters. The molecule has 0 bridgehead atoms. The molecule has 0 atom stereocenters. The van der Waals surface area contributed by atoms with Crippen LogP contribution in [-0.2, 0) is 47.5 Å². The maximum atomic E-state index is 11.3. The fraction of sp³-hybridized carbons (Fsp3) is 0.857. The van der Waals surface area contributed by atoms with Gasteiger partial charge in [-0.15, -0.1) is 0 Å². The van der Waals surface area contributed by atoms with Crippen LogP contribution in [0, 0.1) is 5.41 Å². The Bertz CT molecular complexity index is 435. The monoisotopic (exact) mass is 450 g/mol. The summed E-state index contributed by atoms with van der Waals surface area (Å²) >= 11 is 0. The summed E-state index contributed by atoms with van der Waals surface area (Å²) in [5.74, 6) is -1.10. The molecule has 0 heterocycles. The first-order valence-corrected chi connectivity index (χ1v) is 10.4. The van der Waals surface area contributed by atoms with Crippen molar-refractivity contribution >= 4 is 17.9 Å². The van der Waals surface area contributed by atoms with Crippen molar-refractivity contribution in [1.29, 1.82) is 0 Å². The average molecular weight is 451 g/mol. The summed E-state index contributed by atoms with van der Waals surface area (Å²) < 4.78 is 36.8. The van der Waals surface area contributed by atoms with Crippen molar-refractivity contribution in [2.24, 2.45) is 5.41 Å². The number of unbranched alkanes of at least 4 members (excludes halogenated alkanes) is 1. The van der Waals surface area contributed by atoms with E-state index < -0.39 is 5.41 Å². The maximum Gasteiger partial charge on any atom is 0.307 e. The zero-order valence-corrected chi connectivity index (χ0v) is 19.3. The highest BCUT2D eigenvalue weighted by Crippen LogP contribution is 2.21. The minimum Gasteiger partial charge on any atom is -0.469 e. The lowest BCUT2D eigenvalue weighted by molar-refractivity contribution is -0.144.